The molecule has 5 nitrogen and oxygen atoms in total. The average Bonchev–Trinajstić information content (AvgIpc) is 2.75. The van der Waals surface area contributed by atoms with Crippen molar-refractivity contribution in [1.82, 2.24) is 9.80 Å². The number of amides is 2. The summed E-state index contributed by atoms with van der Waals surface area (Å²) < 4.78 is 0. The summed E-state index contributed by atoms with van der Waals surface area (Å²) in [6.07, 6.45) is 4.17. The highest BCUT2D eigenvalue weighted by atomic mass is 16.2. The Morgan fingerprint density at radius 3 is 2.45 bits per heavy atom. The third-order valence-corrected chi connectivity index (χ3v) is 5.97. The number of benzene rings is 2. The number of hydrogen-bond acceptors (Lipinski definition) is 3. The maximum Gasteiger partial charge on any atom is 0.244 e. The lowest BCUT2D eigenvalue weighted by Gasteiger charge is -2.39. The molecule has 0 saturated carbocycles. The van der Waals surface area contributed by atoms with Crippen molar-refractivity contribution in [3.8, 4) is 0 Å². The standard InChI is InChI=1S/C24H29N3O2/c1-18-9-11-20(12-10-18)25-22(28)17-27-16-13-19-7-3-4-8-21(19)23(27)24(29)26-14-5-2-6-15-26/h3-4,7-12,23H,2,5-6,13-17H2,1H3,(H,25,28)/t23-/m1/s1. The minimum atomic E-state index is -0.373. The molecule has 0 aromatic heterocycles. The second-order valence-corrected chi connectivity index (χ2v) is 8.12. The molecule has 1 fully saturated rings. The molecule has 5 heteroatoms. The van der Waals surface area contributed by atoms with Crippen LogP contribution in [0, 0.1) is 6.92 Å². The van der Waals surface area contributed by atoms with Crippen molar-refractivity contribution in [2.24, 2.45) is 0 Å². The van der Waals surface area contributed by atoms with Crippen LogP contribution in [0.1, 0.15) is 42.0 Å². The zero-order valence-corrected chi connectivity index (χ0v) is 17.1. The van der Waals surface area contributed by atoms with E-state index >= 15 is 0 Å². The van der Waals surface area contributed by atoms with Crippen LogP contribution >= 0.6 is 0 Å². The van der Waals surface area contributed by atoms with Gasteiger partial charge in [-0.3, -0.25) is 14.5 Å². The predicted octanol–water partition coefficient (Wildman–Crippen LogP) is 3.55. The van der Waals surface area contributed by atoms with E-state index in [1.54, 1.807) is 0 Å². The number of hydrogen-bond donors (Lipinski definition) is 1. The molecule has 4 rings (SSSR count). The number of rotatable bonds is 4. The molecule has 2 aromatic rings. The van der Waals surface area contributed by atoms with Crippen LogP contribution in [0.5, 0.6) is 0 Å². The van der Waals surface area contributed by atoms with Gasteiger partial charge in [0, 0.05) is 25.3 Å². The number of likely N-dealkylation sites (tertiary alicyclic amines) is 1. The lowest BCUT2D eigenvalue weighted by Crippen LogP contribution is -2.49. The number of anilines is 1. The Balaban J connectivity index is 1.53. The molecule has 1 atom stereocenters. The van der Waals surface area contributed by atoms with Gasteiger partial charge in [-0.1, -0.05) is 42.0 Å². The maximum absolute atomic E-state index is 13.5. The van der Waals surface area contributed by atoms with Crippen LogP contribution < -0.4 is 5.32 Å². The molecule has 0 aliphatic carbocycles. The van der Waals surface area contributed by atoms with Crippen LogP contribution in [-0.4, -0.2) is 47.8 Å². The van der Waals surface area contributed by atoms with Crippen molar-refractivity contribution in [1.29, 1.82) is 0 Å². The largest absolute Gasteiger partial charge is 0.341 e. The molecule has 0 unspecified atom stereocenters. The highest BCUT2D eigenvalue weighted by molar-refractivity contribution is 5.93. The Morgan fingerprint density at radius 2 is 1.69 bits per heavy atom. The van der Waals surface area contributed by atoms with Crippen LogP contribution in [0.15, 0.2) is 48.5 Å². The van der Waals surface area contributed by atoms with Gasteiger partial charge < -0.3 is 10.2 Å². The van der Waals surface area contributed by atoms with Crippen molar-refractivity contribution >= 4 is 17.5 Å². The van der Waals surface area contributed by atoms with E-state index in [1.807, 2.05) is 59.2 Å². The van der Waals surface area contributed by atoms with Gasteiger partial charge in [-0.15, -0.1) is 0 Å². The smallest absolute Gasteiger partial charge is 0.244 e. The summed E-state index contributed by atoms with van der Waals surface area (Å²) in [6.45, 7) is 4.59. The zero-order valence-electron chi connectivity index (χ0n) is 17.1. The van der Waals surface area contributed by atoms with Gasteiger partial charge in [0.25, 0.3) is 0 Å². The van der Waals surface area contributed by atoms with E-state index in [2.05, 4.69) is 11.4 Å². The second kappa shape index (κ2) is 8.78. The maximum atomic E-state index is 13.5. The Labute approximate surface area is 172 Å². The number of piperidine rings is 1. The van der Waals surface area contributed by atoms with Crippen molar-refractivity contribution in [2.45, 2.75) is 38.6 Å². The number of fused-ring (bicyclic) bond motifs is 1. The van der Waals surface area contributed by atoms with Gasteiger partial charge >= 0.3 is 0 Å². The topological polar surface area (TPSA) is 52.7 Å². The van der Waals surface area contributed by atoms with Gasteiger partial charge in [-0.2, -0.15) is 0 Å². The van der Waals surface area contributed by atoms with Crippen molar-refractivity contribution in [3.05, 3.63) is 65.2 Å². The Bertz CT molecular complexity index is 872. The van der Waals surface area contributed by atoms with Crippen molar-refractivity contribution in [2.75, 3.05) is 31.5 Å². The first-order valence-electron chi connectivity index (χ1n) is 10.6. The van der Waals surface area contributed by atoms with Gasteiger partial charge in [0.05, 0.1) is 6.54 Å². The summed E-state index contributed by atoms with van der Waals surface area (Å²) in [6, 6.07) is 15.6. The predicted molar refractivity (Wildman–Crippen MR) is 115 cm³/mol. The number of nitrogens with zero attached hydrogens (tertiary/aromatic N) is 2. The number of carbonyl (C=O) groups excluding carboxylic acids is 2. The van der Waals surface area contributed by atoms with Crippen LogP contribution in [-0.2, 0) is 16.0 Å². The molecule has 29 heavy (non-hydrogen) atoms. The zero-order chi connectivity index (χ0) is 20.2. The molecule has 2 aromatic carbocycles. The van der Waals surface area contributed by atoms with E-state index in [0.29, 0.717) is 6.54 Å². The molecule has 1 N–H and O–H groups in total. The minimum absolute atomic E-state index is 0.0790. The van der Waals surface area contributed by atoms with Gasteiger partial charge in [-0.05, 0) is 55.9 Å². The van der Waals surface area contributed by atoms with E-state index in [0.717, 1.165) is 49.2 Å². The average molecular weight is 392 g/mol. The summed E-state index contributed by atoms with van der Waals surface area (Å²) in [7, 11) is 0. The number of aryl methyl sites for hydroxylation is 1. The van der Waals surface area contributed by atoms with Gasteiger partial charge in [0.1, 0.15) is 6.04 Å². The molecule has 1 saturated heterocycles. The van der Waals surface area contributed by atoms with Crippen LogP contribution in [0.4, 0.5) is 5.69 Å². The molecular formula is C24H29N3O2. The minimum Gasteiger partial charge on any atom is -0.341 e. The second-order valence-electron chi connectivity index (χ2n) is 8.12. The molecule has 0 bridgehead atoms. The van der Waals surface area contributed by atoms with E-state index in [1.165, 1.54) is 12.0 Å². The first-order valence-corrected chi connectivity index (χ1v) is 10.6. The molecule has 2 amide bonds. The van der Waals surface area contributed by atoms with Gasteiger partial charge in [-0.25, -0.2) is 0 Å². The summed E-state index contributed by atoms with van der Waals surface area (Å²) in [4.78, 5) is 30.2. The highest BCUT2D eigenvalue weighted by Crippen LogP contribution is 2.32. The molecule has 0 spiro atoms. The van der Waals surface area contributed by atoms with Gasteiger partial charge in [0.15, 0.2) is 0 Å². The van der Waals surface area contributed by atoms with Gasteiger partial charge in [0.2, 0.25) is 11.8 Å². The SMILES string of the molecule is Cc1ccc(NC(=O)CN2CCc3ccccc3[C@@H]2C(=O)N2CCCCC2)cc1. The number of carbonyl (C=O) groups is 2. The quantitative estimate of drug-likeness (QED) is 0.867. The van der Waals surface area contributed by atoms with Crippen LogP contribution in [0.3, 0.4) is 0 Å². The highest BCUT2D eigenvalue weighted by Gasteiger charge is 2.36. The van der Waals surface area contributed by atoms with Crippen LogP contribution in [0.2, 0.25) is 0 Å². The van der Waals surface area contributed by atoms with E-state index in [-0.39, 0.29) is 24.4 Å². The van der Waals surface area contributed by atoms with Crippen molar-refractivity contribution in [3.63, 3.8) is 0 Å². The lowest BCUT2D eigenvalue weighted by atomic mass is 9.91. The molecule has 2 aliphatic heterocycles. The molecule has 152 valence electrons. The third kappa shape index (κ3) is 4.51. The fourth-order valence-electron chi connectivity index (χ4n) is 4.39. The fraction of sp³-hybridized carbons (Fsp3) is 0.417. The Morgan fingerprint density at radius 1 is 0.966 bits per heavy atom. The first-order chi connectivity index (χ1) is 14.1. The Kier molecular flexibility index (Phi) is 5.95. The molecular weight excluding hydrogens is 362 g/mol. The first kappa shape index (κ1) is 19.6. The number of nitrogens with one attached hydrogen (secondary N) is 1. The summed E-state index contributed by atoms with van der Waals surface area (Å²) in [5.41, 5.74) is 4.22. The normalized spacial score (nSPS) is 19.5. The lowest BCUT2D eigenvalue weighted by molar-refractivity contribution is -0.139. The molecule has 2 heterocycles. The third-order valence-electron chi connectivity index (χ3n) is 5.97. The Hall–Kier alpha value is -2.66. The van der Waals surface area contributed by atoms with E-state index in [9.17, 15) is 9.59 Å². The molecule has 0 radical (unpaired) electrons. The van der Waals surface area contributed by atoms with Crippen molar-refractivity contribution < 1.29 is 9.59 Å². The summed E-state index contributed by atoms with van der Waals surface area (Å²) in [5, 5.41) is 2.97. The van der Waals surface area contributed by atoms with Crippen LogP contribution in [0.25, 0.3) is 0 Å². The fourth-order valence-corrected chi connectivity index (χ4v) is 4.39. The van der Waals surface area contributed by atoms with E-state index in [4.69, 9.17) is 0 Å². The summed E-state index contributed by atoms with van der Waals surface area (Å²) in [5.74, 6) is 0.0599. The van der Waals surface area contributed by atoms with E-state index < -0.39 is 0 Å². The monoisotopic (exact) mass is 391 g/mol. The molecule has 2 aliphatic rings. The summed E-state index contributed by atoms with van der Waals surface area (Å²) >= 11 is 0.